The van der Waals surface area contributed by atoms with Crippen molar-refractivity contribution in [1.29, 1.82) is 0 Å². The molecule has 6 nitrogen and oxygen atoms in total. The zero-order valence-electron chi connectivity index (χ0n) is 12.9. The average molecular weight is 331 g/mol. The highest BCUT2D eigenvalue weighted by molar-refractivity contribution is 7.16. The zero-order chi connectivity index (χ0) is 16.4. The van der Waals surface area contributed by atoms with Crippen LogP contribution in [0.5, 0.6) is 5.75 Å². The van der Waals surface area contributed by atoms with Crippen LogP contribution in [0.1, 0.15) is 33.3 Å². The molecule has 1 heterocycles. The van der Waals surface area contributed by atoms with E-state index in [2.05, 4.69) is 15.6 Å². The number of carbonyl (C=O) groups excluding carboxylic acids is 2. The number of fused-ring (bicyclic) bond motifs is 1. The van der Waals surface area contributed by atoms with Crippen molar-refractivity contribution in [3.05, 3.63) is 40.4 Å². The number of amides is 2. The van der Waals surface area contributed by atoms with E-state index in [-0.39, 0.29) is 17.7 Å². The van der Waals surface area contributed by atoms with E-state index in [1.165, 1.54) is 11.3 Å². The van der Waals surface area contributed by atoms with Gasteiger partial charge in [0.2, 0.25) is 5.91 Å². The summed E-state index contributed by atoms with van der Waals surface area (Å²) >= 11 is 1.44. The summed E-state index contributed by atoms with van der Waals surface area (Å²) < 4.78 is 5.07. The summed E-state index contributed by atoms with van der Waals surface area (Å²) in [6.45, 7) is 0. The lowest BCUT2D eigenvalue weighted by Gasteiger charge is -2.07. The lowest BCUT2D eigenvalue weighted by Crippen LogP contribution is -2.24. The minimum atomic E-state index is -0.225. The molecular formula is C16H17N3O3S. The Morgan fingerprint density at radius 1 is 1.30 bits per heavy atom. The van der Waals surface area contributed by atoms with Gasteiger partial charge in [-0.3, -0.25) is 14.9 Å². The molecule has 0 fully saturated rings. The smallest absolute Gasteiger partial charge is 0.257 e. The van der Waals surface area contributed by atoms with Gasteiger partial charge in [0, 0.05) is 17.5 Å². The number of carbonyl (C=O) groups is 2. The molecule has 2 amide bonds. The summed E-state index contributed by atoms with van der Waals surface area (Å²) in [6.07, 6.45) is 1.60. The Morgan fingerprint density at radius 3 is 2.70 bits per heavy atom. The van der Waals surface area contributed by atoms with Gasteiger partial charge in [-0.15, -0.1) is 11.3 Å². The number of ether oxygens (including phenoxy) is 1. The van der Waals surface area contributed by atoms with Crippen molar-refractivity contribution in [3.8, 4) is 5.75 Å². The van der Waals surface area contributed by atoms with Crippen molar-refractivity contribution in [3.63, 3.8) is 0 Å². The van der Waals surface area contributed by atoms with Crippen molar-refractivity contribution < 1.29 is 14.3 Å². The highest BCUT2D eigenvalue weighted by Crippen LogP contribution is 2.38. The second-order valence-corrected chi connectivity index (χ2v) is 6.30. The normalized spacial score (nSPS) is 15.8. The first-order valence-electron chi connectivity index (χ1n) is 7.29. The number of nitrogens with one attached hydrogen (secondary N) is 2. The fourth-order valence-corrected chi connectivity index (χ4v) is 3.66. The molecule has 23 heavy (non-hydrogen) atoms. The molecule has 1 aliphatic carbocycles. The predicted octanol–water partition coefficient (Wildman–Crippen LogP) is 2.18. The van der Waals surface area contributed by atoms with Crippen molar-refractivity contribution >= 4 is 28.3 Å². The Bertz CT molecular complexity index is 740. The number of methoxy groups -OCH3 is 1. The molecule has 0 bridgehead atoms. The SMILES string of the molecule is CNC(=O)[C@H]1CCc2sc(NC(=O)c3ccc(OC)cc3)nc21. The molecule has 0 aliphatic heterocycles. The van der Waals surface area contributed by atoms with E-state index in [0.717, 1.165) is 23.4 Å². The summed E-state index contributed by atoms with van der Waals surface area (Å²) in [4.78, 5) is 29.6. The Balaban J connectivity index is 1.74. The molecule has 1 atom stereocenters. The molecular weight excluding hydrogens is 314 g/mol. The molecule has 0 radical (unpaired) electrons. The number of benzene rings is 1. The summed E-state index contributed by atoms with van der Waals surface area (Å²) in [6, 6.07) is 6.86. The first-order valence-corrected chi connectivity index (χ1v) is 8.10. The fraction of sp³-hybridized carbons (Fsp3) is 0.312. The van der Waals surface area contributed by atoms with E-state index in [4.69, 9.17) is 4.74 Å². The number of rotatable bonds is 4. The molecule has 1 aromatic heterocycles. The van der Waals surface area contributed by atoms with Crippen LogP contribution >= 0.6 is 11.3 Å². The Labute approximate surface area is 137 Å². The molecule has 1 aromatic carbocycles. The fourth-order valence-electron chi connectivity index (χ4n) is 2.62. The van der Waals surface area contributed by atoms with Crippen LogP contribution in [0.25, 0.3) is 0 Å². The molecule has 3 rings (SSSR count). The van der Waals surface area contributed by atoms with Crippen LogP contribution in [-0.2, 0) is 11.2 Å². The molecule has 120 valence electrons. The van der Waals surface area contributed by atoms with Crippen LogP contribution in [0.4, 0.5) is 5.13 Å². The second-order valence-electron chi connectivity index (χ2n) is 5.22. The number of hydrogen-bond acceptors (Lipinski definition) is 5. The molecule has 0 spiro atoms. The maximum Gasteiger partial charge on any atom is 0.257 e. The van der Waals surface area contributed by atoms with Crippen LogP contribution < -0.4 is 15.4 Å². The van der Waals surface area contributed by atoms with Gasteiger partial charge in [0.15, 0.2) is 5.13 Å². The maximum absolute atomic E-state index is 12.2. The first-order chi connectivity index (χ1) is 11.1. The Kier molecular flexibility index (Phi) is 4.29. The quantitative estimate of drug-likeness (QED) is 0.900. The van der Waals surface area contributed by atoms with E-state index in [9.17, 15) is 9.59 Å². The van der Waals surface area contributed by atoms with Crippen molar-refractivity contribution in [2.75, 3.05) is 19.5 Å². The highest BCUT2D eigenvalue weighted by atomic mass is 32.1. The van der Waals surface area contributed by atoms with Crippen LogP contribution in [0.2, 0.25) is 0 Å². The molecule has 2 aromatic rings. The van der Waals surface area contributed by atoms with Crippen molar-refractivity contribution in [2.24, 2.45) is 0 Å². The van der Waals surface area contributed by atoms with E-state index >= 15 is 0 Å². The minimum absolute atomic E-state index is 0.0259. The standard InChI is InChI=1S/C16H17N3O3S/c1-17-15(21)11-7-8-12-13(11)18-16(23-12)19-14(20)9-3-5-10(22-2)6-4-9/h3-6,11H,7-8H2,1-2H3,(H,17,21)(H,18,19,20)/t11-/m0/s1. The lowest BCUT2D eigenvalue weighted by atomic mass is 10.1. The molecule has 0 saturated carbocycles. The third kappa shape index (κ3) is 3.05. The first kappa shape index (κ1) is 15.5. The third-order valence-corrected chi connectivity index (χ3v) is 4.90. The summed E-state index contributed by atoms with van der Waals surface area (Å²) in [5.41, 5.74) is 1.32. The largest absolute Gasteiger partial charge is 0.497 e. The van der Waals surface area contributed by atoms with Gasteiger partial charge in [0.05, 0.1) is 18.7 Å². The third-order valence-electron chi connectivity index (χ3n) is 3.85. The van der Waals surface area contributed by atoms with Gasteiger partial charge in [-0.1, -0.05) is 0 Å². The van der Waals surface area contributed by atoms with Crippen molar-refractivity contribution in [1.82, 2.24) is 10.3 Å². The second kappa shape index (κ2) is 6.37. The number of aromatic nitrogens is 1. The number of anilines is 1. The van der Waals surface area contributed by atoms with E-state index < -0.39 is 0 Å². The highest BCUT2D eigenvalue weighted by Gasteiger charge is 2.32. The number of likely N-dealkylation sites (N-methyl/N-ethyl adjacent to an activating group) is 1. The zero-order valence-corrected chi connectivity index (χ0v) is 13.7. The molecule has 1 aliphatic rings. The summed E-state index contributed by atoms with van der Waals surface area (Å²) in [5, 5.41) is 5.99. The molecule has 2 N–H and O–H groups in total. The lowest BCUT2D eigenvalue weighted by molar-refractivity contribution is -0.122. The van der Waals surface area contributed by atoms with Gasteiger partial charge in [0.1, 0.15) is 5.75 Å². The van der Waals surface area contributed by atoms with Gasteiger partial charge in [0.25, 0.3) is 5.91 Å². The van der Waals surface area contributed by atoms with Gasteiger partial charge in [-0.2, -0.15) is 0 Å². The van der Waals surface area contributed by atoms with E-state index in [1.54, 1.807) is 38.4 Å². The minimum Gasteiger partial charge on any atom is -0.497 e. The summed E-state index contributed by atoms with van der Waals surface area (Å²) in [7, 11) is 3.20. The molecule has 7 heteroatoms. The molecule has 0 saturated heterocycles. The van der Waals surface area contributed by atoms with Crippen LogP contribution in [0, 0.1) is 0 Å². The average Bonchev–Trinajstić information content (AvgIpc) is 3.14. The Morgan fingerprint density at radius 2 is 2.04 bits per heavy atom. The number of nitrogens with zero attached hydrogens (tertiary/aromatic N) is 1. The molecule has 0 unspecified atom stereocenters. The van der Waals surface area contributed by atoms with Gasteiger partial charge in [-0.05, 0) is 37.1 Å². The number of aryl methyl sites for hydroxylation is 1. The van der Waals surface area contributed by atoms with E-state index in [0.29, 0.717) is 16.4 Å². The Hall–Kier alpha value is -2.41. The van der Waals surface area contributed by atoms with Crippen LogP contribution in [0.3, 0.4) is 0 Å². The van der Waals surface area contributed by atoms with Gasteiger partial charge >= 0.3 is 0 Å². The topological polar surface area (TPSA) is 80.3 Å². The summed E-state index contributed by atoms with van der Waals surface area (Å²) in [5.74, 6) is 0.236. The van der Waals surface area contributed by atoms with Gasteiger partial charge < -0.3 is 10.1 Å². The maximum atomic E-state index is 12.2. The predicted molar refractivity (Wildman–Crippen MR) is 88.2 cm³/mol. The number of thiazole rings is 1. The van der Waals surface area contributed by atoms with Crippen LogP contribution in [-0.4, -0.2) is 31.0 Å². The van der Waals surface area contributed by atoms with Gasteiger partial charge in [-0.25, -0.2) is 4.98 Å². The van der Waals surface area contributed by atoms with Crippen molar-refractivity contribution in [2.45, 2.75) is 18.8 Å². The van der Waals surface area contributed by atoms with Crippen LogP contribution in [0.15, 0.2) is 24.3 Å². The monoisotopic (exact) mass is 331 g/mol. The van der Waals surface area contributed by atoms with E-state index in [1.807, 2.05) is 0 Å². The number of hydrogen-bond donors (Lipinski definition) is 2.